The normalized spacial score (nSPS) is 16.7. The van der Waals surface area contributed by atoms with Crippen molar-refractivity contribution in [3.05, 3.63) is 53.9 Å². The van der Waals surface area contributed by atoms with E-state index in [1.165, 1.54) is 6.08 Å². The third-order valence-electron chi connectivity index (χ3n) is 4.10. The van der Waals surface area contributed by atoms with Gasteiger partial charge in [-0.2, -0.15) is 5.10 Å². The van der Waals surface area contributed by atoms with Gasteiger partial charge < -0.3 is 15.4 Å². The van der Waals surface area contributed by atoms with Crippen LogP contribution in [-0.4, -0.2) is 40.9 Å². The maximum Gasteiger partial charge on any atom is 0.253 e. The van der Waals surface area contributed by atoms with Crippen molar-refractivity contribution < 1.29 is 14.3 Å². The van der Waals surface area contributed by atoms with Crippen molar-refractivity contribution in [1.29, 1.82) is 0 Å². The number of aromatic nitrogens is 2. The Bertz CT molecular complexity index is 807. The molecule has 0 spiro atoms. The third kappa shape index (κ3) is 4.80. The molecule has 0 unspecified atom stereocenters. The Hall–Kier alpha value is -2.93. The predicted molar refractivity (Wildman–Crippen MR) is 98.6 cm³/mol. The molecule has 2 amide bonds. The smallest absolute Gasteiger partial charge is 0.253 e. The molecule has 3 rings (SSSR count). The van der Waals surface area contributed by atoms with Crippen LogP contribution in [0.1, 0.15) is 28.8 Å². The fourth-order valence-electron chi connectivity index (χ4n) is 2.77. The molecule has 0 aliphatic carbocycles. The van der Waals surface area contributed by atoms with Gasteiger partial charge in [0.25, 0.3) is 5.91 Å². The Balaban J connectivity index is 1.61. The van der Waals surface area contributed by atoms with Gasteiger partial charge in [0, 0.05) is 38.0 Å². The second-order valence-corrected chi connectivity index (χ2v) is 6.16. The van der Waals surface area contributed by atoms with Crippen molar-refractivity contribution in [2.75, 3.05) is 18.5 Å². The first-order chi connectivity index (χ1) is 12.6. The van der Waals surface area contributed by atoms with Crippen LogP contribution in [0, 0.1) is 0 Å². The van der Waals surface area contributed by atoms with E-state index < -0.39 is 0 Å². The van der Waals surface area contributed by atoms with Crippen LogP contribution >= 0.6 is 0 Å². The number of carbonyl (C=O) groups is 2. The molecule has 2 heterocycles. The molecule has 1 aromatic carbocycles. The van der Waals surface area contributed by atoms with Crippen LogP contribution in [0.15, 0.2) is 42.7 Å². The summed E-state index contributed by atoms with van der Waals surface area (Å²) < 4.78 is 7.17. The maximum atomic E-state index is 12.4. The van der Waals surface area contributed by atoms with E-state index in [1.54, 1.807) is 47.4 Å². The Morgan fingerprint density at radius 3 is 2.96 bits per heavy atom. The van der Waals surface area contributed by atoms with E-state index in [-0.39, 0.29) is 17.9 Å². The molecule has 1 aliphatic heterocycles. The number of carbonyl (C=O) groups excluding carboxylic acids is 2. The Kier molecular flexibility index (Phi) is 5.80. The number of rotatable bonds is 6. The minimum absolute atomic E-state index is 0.0723. The van der Waals surface area contributed by atoms with Gasteiger partial charge in [-0.15, -0.1) is 0 Å². The number of anilines is 1. The monoisotopic (exact) mass is 354 g/mol. The minimum atomic E-state index is -0.312. The molecular weight excluding hydrogens is 332 g/mol. The second-order valence-electron chi connectivity index (χ2n) is 6.16. The van der Waals surface area contributed by atoms with Crippen LogP contribution in [0.3, 0.4) is 0 Å². The van der Waals surface area contributed by atoms with Crippen LogP contribution in [-0.2, 0) is 16.6 Å². The van der Waals surface area contributed by atoms with E-state index in [2.05, 4.69) is 15.7 Å². The second kappa shape index (κ2) is 8.44. The van der Waals surface area contributed by atoms with Crippen LogP contribution < -0.4 is 10.6 Å². The molecule has 1 aliphatic rings. The molecule has 1 saturated heterocycles. The molecule has 0 radical (unpaired) electrons. The highest BCUT2D eigenvalue weighted by Crippen LogP contribution is 2.16. The Morgan fingerprint density at radius 1 is 1.38 bits per heavy atom. The first-order valence-electron chi connectivity index (χ1n) is 8.58. The molecule has 7 heteroatoms. The number of aryl methyl sites for hydroxylation is 1. The summed E-state index contributed by atoms with van der Waals surface area (Å²) in [6.07, 6.45) is 8.60. The van der Waals surface area contributed by atoms with Gasteiger partial charge in [-0.1, -0.05) is 12.1 Å². The molecular formula is C19H22N4O3. The summed E-state index contributed by atoms with van der Waals surface area (Å²) in [5.74, 6) is -0.541. The molecule has 136 valence electrons. The van der Waals surface area contributed by atoms with Gasteiger partial charge in [-0.25, -0.2) is 0 Å². The number of amides is 2. The summed E-state index contributed by atoms with van der Waals surface area (Å²) in [5, 5.41) is 9.66. The quantitative estimate of drug-likeness (QED) is 0.777. The molecule has 2 aromatic rings. The van der Waals surface area contributed by atoms with Gasteiger partial charge in [0.05, 0.1) is 23.6 Å². The van der Waals surface area contributed by atoms with Crippen molar-refractivity contribution in [3.63, 3.8) is 0 Å². The van der Waals surface area contributed by atoms with E-state index in [9.17, 15) is 9.59 Å². The average molecular weight is 354 g/mol. The highest BCUT2D eigenvalue weighted by Gasteiger charge is 2.18. The van der Waals surface area contributed by atoms with E-state index in [1.807, 2.05) is 7.05 Å². The topological polar surface area (TPSA) is 85.2 Å². The van der Waals surface area contributed by atoms with E-state index in [0.717, 1.165) is 25.0 Å². The first-order valence-corrected chi connectivity index (χ1v) is 8.58. The molecule has 0 saturated carbocycles. The predicted octanol–water partition coefficient (Wildman–Crippen LogP) is 1.98. The van der Waals surface area contributed by atoms with Crippen molar-refractivity contribution >= 4 is 23.6 Å². The van der Waals surface area contributed by atoms with Gasteiger partial charge in [0.1, 0.15) is 0 Å². The standard InChI is InChI=1S/C19H22N4O3/c1-23-13-14(11-21-23)8-9-18(24)22-17-7-3-2-6-16(17)19(25)20-12-15-5-4-10-26-15/h2-3,6-9,11,13,15H,4-5,10,12H2,1H3,(H,20,25)(H,22,24)/b9-8-/t15-/m0/s1. The maximum absolute atomic E-state index is 12.4. The summed E-state index contributed by atoms with van der Waals surface area (Å²) in [6, 6.07) is 6.93. The summed E-state index contributed by atoms with van der Waals surface area (Å²) in [4.78, 5) is 24.6. The zero-order valence-corrected chi connectivity index (χ0v) is 14.6. The van der Waals surface area contributed by atoms with Gasteiger partial charge in [-0.05, 0) is 31.1 Å². The number of para-hydroxylation sites is 1. The van der Waals surface area contributed by atoms with Crippen LogP contribution in [0.2, 0.25) is 0 Å². The fraction of sp³-hybridized carbons (Fsp3) is 0.316. The Labute approximate surface area is 152 Å². The zero-order valence-electron chi connectivity index (χ0n) is 14.6. The van der Waals surface area contributed by atoms with Crippen LogP contribution in [0.25, 0.3) is 6.08 Å². The van der Waals surface area contributed by atoms with Crippen molar-refractivity contribution in [3.8, 4) is 0 Å². The molecule has 26 heavy (non-hydrogen) atoms. The third-order valence-corrected chi connectivity index (χ3v) is 4.10. The van der Waals surface area contributed by atoms with E-state index >= 15 is 0 Å². The molecule has 2 N–H and O–H groups in total. The van der Waals surface area contributed by atoms with Crippen molar-refractivity contribution in [2.24, 2.45) is 7.05 Å². The average Bonchev–Trinajstić information content (AvgIpc) is 3.30. The molecule has 1 aromatic heterocycles. The lowest BCUT2D eigenvalue weighted by atomic mass is 10.1. The zero-order chi connectivity index (χ0) is 18.4. The SMILES string of the molecule is Cn1cc(/C=C\C(=O)Nc2ccccc2C(=O)NC[C@@H]2CCCO2)cn1. The number of hydrogen-bond acceptors (Lipinski definition) is 4. The highest BCUT2D eigenvalue weighted by molar-refractivity contribution is 6.07. The van der Waals surface area contributed by atoms with Crippen LogP contribution in [0.4, 0.5) is 5.69 Å². The van der Waals surface area contributed by atoms with Gasteiger partial charge in [0.15, 0.2) is 0 Å². The van der Waals surface area contributed by atoms with Crippen molar-refractivity contribution in [2.45, 2.75) is 18.9 Å². The van der Waals surface area contributed by atoms with Crippen molar-refractivity contribution in [1.82, 2.24) is 15.1 Å². The number of nitrogens with one attached hydrogen (secondary N) is 2. The van der Waals surface area contributed by atoms with E-state index in [0.29, 0.717) is 17.8 Å². The summed E-state index contributed by atoms with van der Waals surface area (Å²) >= 11 is 0. The lowest BCUT2D eigenvalue weighted by Gasteiger charge is -2.13. The fourth-order valence-corrected chi connectivity index (χ4v) is 2.77. The molecule has 7 nitrogen and oxygen atoms in total. The summed E-state index contributed by atoms with van der Waals surface area (Å²) in [5.41, 5.74) is 1.72. The summed E-state index contributed by atoms with van der Waals surface area (Å²) in [7, 11) is 1.81. The number of ether oxygens (including phenoxy) is 1. The number of hydrogen-bond donors (Lipinski definition) is 2. The Morgan fingerprint density at radius 2 is 2.23 bits per heavy atom. The van der Waals surface area contributed by atoms with Crippen LogP contribution in [0.5, 0.6) is 0 Å². The van der Waals surface area contributed by atoms with E-state index in [4.69, 9.17) is 4.74 Å². The molecule has 1 atom stereocenters. The van der Waals surface area contributed by atoms with Gasteiger partial charge in [-0.3, -0.25) is 14.3 Å². The first kappa shape index (κ1) is 17.9. The van der Waals surface area contributed by atoms with Gasteiger partial charge in [0.2, 0.25) is 5.91 Å². The lowest BCUT2D eigenvalue weighted by molar-refractivity contribution is -0.111. The molecule has 0 bridgehead atoms. The highest BCUT2D eigenvalue weighted by atomic mass is 16.5. The molecule has 1 fully saturated rings. The number of nitrogens with zero attached hydrogens (tertiary/aromatic N) is 2. The number of benzene rings is 1. The lowest BCUT2D eigenvalue weighted by Crippen LogP contribution is -2.32. The van der Waals surface area contributed by atoms with Gasteiger partial charge >= 0.3 is 0 Å². The largest absolute Gasteiger partial charge is 0.376 e. The minimum Gasteiger partial charge on any atom is -0.376 e. The summed E-state index contributed by atoms with van der Waals surface area (Å²) in [6.45, 7) is 1.22.